The first-order chi connectivity index (χ1) is 21.2. The van der Waals surface area contributed by atoms with Crippen LogP contribution in [0.25, 0.3) is 0 Å². The van der Waals surface area contributed by atoms with E-state index in [1.54, 1.807) is 4.90 Å². The number of amides is 4. The Kier molecular flexibility index (Phi) is 10.2. The van der Waals surface area contributed by atoms with Crippen LogP contribution in [0.3, 0.4) is 0 Å². The van der Waals surface area contributed by atoms with E-state index in [4.69, 9.17) is 4.74 Å². The first-order valence-electron chi connectivity index (χ1n) is 15.8. The van der Waals surface area contributed by atoms with Gasteiger partial charge in [-0.25, -0.2) is 0 Å². The Hall–Kier alpha value is -3.92. The van der Waals surface area contributed by atoms with Crippen LogP contribution >= 0.6 is 0 Å². The average Bonchev–Trinajstić information content (AvgIpc) is 3.01. The number of nitrogens with zero attached hydrogens (tertiary/aromatic N) is 1. The zero-order chi connectivity index (χ0) is 31.1. The predicted octanol–water partition coefficient (Wildman–Crippen LogP) is 2.23. The van der Waals surface area contributed by atoms with E-state index in [0.29, 0.717) is 51.5 Å². The van der Waals surface area contributed by atoms with Gasteiger partial charge < -0.3 is 30.9 Å². The van der Waals surface area contributed by atoms with E-state index >= 15 is 0 Å². The molecule has 4 bridgehead atoms. The molecule has 44 heavy (non-hydrogen) atoms. The van der Waals surface area contributed by atoms with Gasteiger partial charge in [-0.1, -0.05) is 36.4 Å². The summed E-state index contributed by atoms with van der Waals surface area (Å²) in [5, 5.41) is 11.9. The number of hydrogen-bond donors (Lipinski definition) is 4. The lowest BCUT2D eigenvalue weighted by molar-refractivity contribution is -0.140. The molecule has 0 aromatic heterocycles. The minimum atomic E-state index is -1.10. The highest BCUT2D eigenvalue weighted by Gasteiger charge is 2.42. The highest BCUT2D eigenvalue weighted by atomic mass is 16.5. The van der Waals surface area contributed by atoms with Gasteiger partial charge >= 0.3 is 0 Å². The van der Waals surface area contributed by atoms with Crippen molar-refractivity contribution in [3.63, 3.8) is 0 Å². The standard InChI is InChI=1S/C34H45N5O5/c1-23-10-12-27-17-26(23)19-36-31(41)28(13-11-24-7-4-3-5-8-24)37-32(42)29(38-33(43)34(2)21-35-22-34)18-30(40)39-15-6-9-25(20-39)14-16-44-27/h3-5,7-8,10,12,17,25,28-29,35H,6,9,11,13-16,18-22H2,1-2H3,(H,36,41)(H,37,42)(H,38,43)/t25?,28-,29-/m0/s1. The Morgan fingerprint density at radius 1 is 1.07 bits per heavy atom. The molecule has 3 atom stereocenters. The normalized spacial score (nSPS) is 24.5. The van der Waals surface area contributed by atoms with Crippen LogP contribution in [-0.4, -0.2) is 73.4 Å². The number of nitrogens with one attached hydrogen (secondary N) is 4. The maximum atomic E-state index is 13.9. The summed E-state index contributed by atoms with van der Waals surface area (Å²) in [6.45, 7) is 6.84. The molecule has 4 N–H and O–H groups in total. The molecule has 0 radical (unpaired) electrons. The molecule has 5 rings (SSSR count). The van der Waals surface area contributed by atoms with Crippen LogP contribution in [0.15, 0.2) is 48.5 Å². The molecule has 2 aromatic rings. The summed E-state index contributed by atoms with van der Waals surface area (Å²) in [5.74, 6) is -0.278. The number of piperidine rings is 1. The Morgan fingerprint density at radius 2 is 1.86 bits per heavy atom. The maximum absolute atomic E-state index is 13.9. The molecular weight excluding hydrogens is 558 g/mol. The number of carbonyl (C=O) groups is 4. The number of ether oxygens (including phenoxy) is 1. The zero-order valence-corrected chi connectivity index (χ0v) is 25.8. The smallest absolute Gasteiger partial charge is 0.243 e. The van der Waals surface area contributed by atoms with Gasteiger partial charge in [-0.2, -0.15) is 0 Å². The molecule has 2 fully saturated rings. The second kappa shape index (κ2) is 14.2. The quantitative estimate of drug-likeness (QED) is 0.415. The number of hydrogen-bond acceptors (Lipinski definition) is 6. The second-order valence-corrected chi connectivity index (χ2v) is 12.8. The summed E-state index contributed by atoms with van der Waals surface area (Å²) in [5.41, 5.74) is 2.36. The summed E-state index contributed by atoms with van der Waals surface area (Å²) >= 11 is 0. The number of aryl methyl sites for hydroxylation is 2. The highest BCUT2D eigenvalue weighted by molar-refractivity contribution is 5.96. The number of carbonyl (C=O) groups excluding carboxylic acids is 4. The van der Waals surface area contributed by atoms with Gasteiger partial charge in [0.2, 0.25) is 23.6 Å². The summed E-state index contributed by atoms with van der Waals surface area (Å²) in [7, 11) is 0. The van der Waals surface area contributed by atoms with Gasteiger partial charge in [0.15, 0.2) is 0 Å². The van der Waals surface area contributed by atoms with Gasteiger partial charge in [-0.05, 0) is 80.7 Å². The molecule has 3 aliphatic rings. The van der Waals surface area contributed by atoms with Crippen molar-refractivity contribution in [2.45, 2.75) is 71.0 Å². The molecule has 2 saturated heterocycles. The Morgan fingerprint density at radius 3 is 2.61 bits per heavy atom. The van der Waals surface area contributed by atoms with Crippen LogP contribution in [-0.2, 0) is 32.1 Å². The summed E-state index contributed by atoms with van der Waals surface area (Å²) in [4.78, 5) is 56.1. The Labute approximate surface area is 259 Å². The lowest BCUT2D eigenvalue weighted by Crippen LogP contribution is -2.63. The van der Waals surface area contributed by atoms with Crippen molar-refractivity contribution >= 4 is 23.6 Å². The summed E-state index contributed by atoms with van der Waals surface area (Å²) in [6.07, 6.45) is 3.44. The Balaban J connectivity index is 1.40. The van der Waals surface area contributed by atoms with E-state index in [9.17, 15) is 19.2 Å². The monoisotopic (exact) mass is 603 g/mol. The summed E-state index contributed by atoms with van der Waals surface area (Å²) < 4.78 is 6.10. The first-order valence-corrected chi connectivity index (χ1v) is 15.8. The molecule has 1 unspecified atom stereocenters. The van der Waals surface area contributed by atoms with E-state index in [0.717, 1.165) is 41.7 Å². The minimum Gasteiger partial charge on any atom is -0.494 e. The van der Waals surface area contributed by atoms with Crippen molar-refractivity contribution < 1.29 is 23.9 Å². The third-order valence-electron chi connectivity index (χ3n) is 9.22. The molecule has 0 spiro atoms. The van der Waals surface area contributed by atoms with Gasteiger partial charge in [0.1, 0.15) is 17.8 Å². The molecule has 4 amide bonds. The van der Waals surface area contributed by atoms with Crippen molar-refractivity contribution in [2.75, 3.05) is 32.8 Å². The SMILES string of the molecule is Cc1ccc2cc1CNC(=O)[C@H](CCc1ccccc1)NC(=O)[C@@H](NC(=O)C1(C)CNC1)CC(=O)N1CCCC(CCO2)C1. The topological polar surface area (TPSA) is 129 Å². The lowest BCUT2D eigenvalue weighted by atomic mass is 9.83. The van der Waals surface area contributed by atoms with Crippen molar-refractivity contribution in [3.8, 4) is 5.75 Å². The molecular formula is C34H45N5O5. The van der Waals surface area contributed by atoms with E-state index < -0.39 is 23.4 Å². The molecule has 0 aliphatic carbocycles. The van der Waals surface area contributed by atoms with Crippen LogP contribution in [0.1, 0.15) is 55.7 Å². The highest BCUT2D eigenvalue weighted by Crippen LogP contribution is 2.24. The number of fused-ring (bicyclic) bond motifs is 4. The fourth-order valence-electron chi connectivity index (χ4n) is 6.11. The second-order valence-electron chi connectivity index (χ2n) is 12.8. The third kappa shape index (κ3) is 7.96. The average molecular weight is 604 g/mol. The fraction of sp³-hybridized carbons (Fsp3) is 0.529. The van der Waals surface area contributed by atoms with E-state index in [-0.39, 0.29) is 30.7 Å². The predicted molar refractivity (Wildman–Crippen MR) is 167 cm³/mol. The molecule has 0 saturated carbocycles. The van der Waals surface area contributed by atoms with E-state index in [1.165, 1.54) is 0 Å². The molecule has 236 valence electrons. The van der Waals surface area contributed by atoms with Gasteiger partial charge in [0.25, 0.3) is 0 Å². The minimum absolute atomic E-state index is 0.166. The summed E-state index contributed by atoms with van der Waals surface area (Å²) in [6, 6.07) is 13.7. The lowest BCUT2D eigenvalue weighted by Gasteiger charge is -2.39. The van der Waals surface area contributed by atoms with E-state index in [2.05, 4.69) is 21.3 Å². The van der Waals surface area contributed by atoms with Crippen LogP contribution in [0.5, 0.6) is 5.75 Å². The number of benzene rings is 2. The van der Waals surface area contributed by atoms with Crippen LogP contribution in [0.2, 0.25) is 0 Å². The van der Waals surface area contributed by atoms with Gasteiger partial charge in [-0.15, -0.1) is 0 Å². The molecule has 2 aromatic carbocycles. The van der Waals surface area contributed by atoms with E-state index in [1.807, 2.05) is 62.4 Å². The molecule has 3 heterocycles. The molecule has 3 aliphatic heterocycles. The largest absolute Gasteiger partial charge is 0.494 e. The first kappa shape index (κ1) is 31.5. The zero-order valence-electron chi connectivity index (χ0n) is 25.8. The number of rotatable bonds is 5. The van der Waals surface area contributed by atoms with Crippen LogP contribution in [0, 0.1) is 18.3 Å². The van der Waals surface area contributed by atoms with Gasteiger partial charge in [0.05, 0.1) is 18.4 Å². The molecule has 10 nitrogen and oxygen atoms in total. The van der Waals surface area contributed by atoms with Crippen LogP contribution in [0.4, 0.5) is 0 Å². The van der Waals surface area contributed by atoms with Gasteiger partial charge in [-0.3, -0.25) is 19.2 Å². The van der Waals surface area contributed by atoms with Crippen molar-refractivity contribution in [3.05, 3.63) is 65.2 Å². The van der Waals surface area contributed by atoms with Crippen molar-refractivity contribution in [1.29, 1.82) is 0 Å². The Bertz CT molecular complexity index is 1340. The van der Waals surface area contributed by atoms with Crippen molar-refractivity contribution in [1.82, 2.24) is 26.2 Å². The fourth-order valence-corrected chi connectivity index (χ4v) is 6.11. The third-order valence-corrected chi connectivity index (χ3v) is 9.22. The maximum Gasteiger partial charge on any atom is 0.243 e. The van der Waals surface area contributed by atoms with Gasteiger partial charge in [0, 0.05) is 32.7 Å². The van der Waals surface area contributed by atoms with Crippen LogP contribution < -0.4 is 26.0 Å². The van der Waals surface area contributed by atoms with Crippen molar-refractivity contribution in [2.24, 2.45) is 11.3 Å². The molecule has 10 heteroatoms.